The highest BCUT2D eigenvalue weighted by Crippen LogP contribution is 2.34. The fourth-order valence-corrected chi connectivity index (χ4v) is 4.53. The summed E-state index contributed by atoms with van der Waals surface area (Å²) in [6.07, 6.45) is 1.72. The lowest BCUT2D eigenvalue weighted by atomic mass is 10.0. The monoisotopic (exact) mass is 317 g/mol. The zero-order chi connectivity index (χ0) is 14.7. The maximum Gasteiger partial charge on any atom is 0.0540 e. The van der Waals surface area contributed by atoms with Gasteiger partial charge in [0.25, 0.3) is 0 Å². The van der Waals surface area contributed by atoms with Gasteiger partial charge in [-0.25, -0.2) is 0 Å². The van der Waals surface area contributed by atoms with Gasteiger partial charge < -0.3 is 5.11 Å². The smallest absolute Gasteiger partial charge is 0.0540 e. The lowest BCUT2D eigenvalue weighted by molar-refractivity contribution is 0.193. The van der Waals surface area contributed by atoms with Gasteiger partial charge in [0.05, 0.1) is 6.61 Å². The summed E-state index contributed by atoms with van der Waals surface area (Å²) in [6, 6.07) is 4.97. The number of aliphatic hydroxyl groups excluding tert-OH is 1. The maximum atomic E-state index is 8.75. The van der Waals surface area contributed by atoms with Gasteiger partial charge in [0.1, 0.15) is 0 Å². The SMILES string of the molecule is CC1c2ccsc2CCN1Cc1cc(C#CCCO)cs1. The van der Waals surface area contributed by atoms with Crippen molar-refractivity contribution in [1.29, 1.82) is 0 Å². The third-order valence-electron chi connectivity index (χ3n) is 3.89. The van der Waals surface area contributed by atoms with Gasteiger partial charge in [-0.3, -0.25) is 4.90 Å². The standard InChI is InChI=1S/C17H19NOS2/c1-13-16-6-9-20-17(16)5-7-18(13)11-15-10-14(12-21-15)4-2-3-8-19/h6,9-10,12-13,19H,3,5,7-8,11H2,1H3. The second-order valence-electron chi connectivity index (χ2n) is 5.27. The highest BCUT2D eigenvalue weighted by atomic mass is 32.1. The predicted octanol–water partition coefficient (Wildman–Crippen LogP) is 3.66. The van der Waals surface area contributed by atoms with Gasteiger partial charge in [-0.15, -0.1) is 22.7 Å². The molecule has 1 aliphatic heterocycles. The van der Waals surface area contributed by atoms with Crippen molar-refractivity contribution in [2.24, 2.45) is 0 Å². The topological polar surface area (TPSA) is 23.5 Å². The summed E-state index contributed by atoms with van der Waals surface area (Å²) in [6.45, 7) is 4.58. The lowest BCUT2D eigenvalue weighted by Gasteiger charge is -2.33. The van der Waals surface area contributed by atoms with Crippen LogP contribution in [0.5, 0.6) is 0 Å². The number of rotatable bonds is 3. The van der Waals surface area contributed by atoms with E-state index < -0.39 is 0 Å². The molecule has 0 bridgehead atoms. The average Bonchev–Trinajstić information content (AvgIpc) is 3.12. The maximum absolute atomic E-state index is 8.75. The van der Waals surface area contributed by atoms with E-state index in [0.29, 0.717) is 12.5 Å². The molecule has 0 saturated carbocycles. The first-order valence-electron chi connectivity index (χ1n) is 7.25. The molecule has 3 rings (SSSR count). The summed E-state index contributed by atoms with van der Waals surface area (Å²) in [5.74, 6) is 6.09. The quantitative estimate of drug-likeness (QED) is 0.873. The van der Waals surface area contributed by atoms with E-state index in [-0.39, 0.29) is 6.61 Å². The summed E-state index contributed by atoms with van der Waals surface area (Å²) >= 11 is 3.67. The van der Waals surface area contributed by atoms with Crippen LogP contribution in [0.3, 0.4) is 0 Å². The number of nitrogens with zero attached hydrogens (tertiary/aromatic N) is 1. The zero-order valence-electron chi connectivity index (χ0n) is 12.1. The molecular weight excluding hydrogens is 298 g/mol. The number of hydrogen-bond acceptors (Lipinski definition) is 4. The average molecular weight is 317 g/mol. The Kier molecular flexibility index (Phi) is 4.77. The van der Waals surface area contributed by atoms with Crippen LogP contribution in [0.4, 0.5) is 0 Å². The van der Waals surface area contributed by atoms with Crippen molar-refractivity contribution < 1.29 is 5.11 Å². The van der Waals surface area contributed by atoms with Crippen LogP contribution in [-0.4, -0.2) is 23.2 Å². The molecule has 1 unspecified atom stereocenters. The Morgan fingerprint density at radius 2 is 2.33 bits per heavy atom. The fourth-order valence-electron chi connectivity index (χ4n) is 2.73. The molecule has 0 aromatic carbocycles. The van der Waals surface area contributed by atoms with Gasteiger partial charge in [-0.2, -0.15) is 0 Å². The first-order valence-corrected chi connectivity index (χ1v) is 9.01. The van der Waals surface area contributed by atoms with E-state index in [4.69, 9.17) is 5.11 Å². The van der Waals surface area contributed by atoms with Crippen molar-refractivity contribution in [3.8, 4) is 11.8 Å². The van der Waals surface area contributed by atoms with Gasteiger partial charge in [-0.05, 0) is 36.4 Å². The highest BCUT2D eigenvalue weighted by Gasteiger charge is 2.24. The van der Waals surface area contributed by atoms with Crippen molar-refractivity contribution in [3.63, 3.8) is 0 Å². The van der Waals surface area contributed by atoms with Gasteiger partial charge in [0.2, 0.25) is 0 Å². The second kappa shape index (κ2) is 6.76. The Hall–Kier alpha value is -1.12. The van der Waals surface area contributed by atoms with E-state index in [1.165, 1.54) is 16.9 Å². The molecule has 2 nitrogen and oxygen atoms in total. The molecule has 4 heteroatoms. The normalized spacial score (nSPS) is 18.1. The van der Waals surface area contributed by atoms with E-state index in [1.54, 1.807) is 16.2 Å². The molecule has 0 radical (unpaired) electrons. The molecule has 0 aliphatic carbocycles. The summed E-state index contributed by atoms with van der Waals surface area (Å²) in [7, 11) is 0. The van der Waals surface area contributed by atoms with E-state index in [1.807, 2.05) is 11.3 Å². The number of aliphatic hydroxyl groups is 1. The predicted molar refractivity (Wildman–Crippen MR) is 89.7 cm³/mol. The van der Waals surface area contributed by atoms with E-state index in [2.05, 4.69) is 46.6 Å². The molecule has 0 spiro atoms. The molecule has 0 saturated heterocycles. The van der Waals surface area contributed by atoms with Crippen molar-refractivity contribution in [2.75, 3.05) is 13.2 Å². The Bertz CT molecular complexity index is 662. The Labute approximate surface area is 134 Å². The number of hydrogen-bond donors (Lipinski definition) is 1. The first-order chi connectivity index (χ1) is 10.3. The van der Waals surface area contributed by atoms with Gasteiger partial charge in [0.15, 0.2) is 0 Å². The largest absolute Gasteiger partial charge is 0.395 e. The molecular formula is C17H19NOS2. The lowest BCUT2D eigenvalue weighted by Crippen LogP contribution is -2.32. The molecule has 1 aliphatic rings. The van der Waals surface area contributed by atoms with Crippen molar-refractivity contribution in [3.05, 3.63) is 43.8 Å². The minimum absolute atomic E-state index is 0.137. The molecule has 110 valence electrons. The van der Waals surface area contributed by atoms with Crippen molar-refractivity contribution >= 4 is 22.7 Å². The van der Waals surface area contributed by atoms with Crippen LogP contribution in [0, 0.1) is 11.8 Å². The van der Waals surface area contributed by atoms with Crippen LogP contribution in [0.2, 0.25) is 0 Å². The summed E-state index contributed by atoms with van der Waals surface area (Å²) in [5, 5.41) is 13.1. The third kappa shape index (κ3) is 3.38. The molecule has 3 heterocycles. The van der Waals surface area contributed by atoms with Gasteiger partial charge >= 0.3 is 0 Å². The summed E-state index contributed by atoms with van der Waals surface area (Å²) in [5.41, 5.74) is 2.58. The number of fused-ring (bicyclic) bond motifs is 1. The molecule has 0 amide bonds. The van der Waals surface area contributed by atoms with Crippen LogP contribution in [0.15, 0.2) is 22.9 Å². The minimum Gasteiger partial charge on any atom is -0.395 e. The molecule has 1 N–H and O–H groups in total. The van der Waals surface area contributed by atoms with Gasteiger partial charge in [-0.1, -0.05) is 11.8 Å². The van der Waals surface area contributed by atoms with Gasteiger partial charge in [0, 0.05) is 46.2 Å². The molecule has 21 heavy (non-hydrogen) atoms. The first kappa shape index (κ1) is 14.8. The van der Waals surface area contributed by atoms with E-state index in [0.717, 1.165) is 18.7 Å². The number of thiophene rings is 2. The second-order valence-corrected chi connectivity index (χ2v) is 7.27. The highest BCUT2D eigenvalue weighted by molar-refractivity contribution is 7.10. The van der Waals surface area contributed by atoms with Crippen molar-refractivity contribution in [1.82, 2.24) is 4.90 Å². The molecule has 1 atom stereocenters. The summed E-state index contributed by atoms with van der Waals surface area (Å²) in [4.78, 5) is 5.47. The van der Waals surface area contributed by atoms with Crippen LogP contribution >= 0.6 is 22.7 Å². The Morgan fingerprint density at radius 1 is 1.43 bits per heavy atom. The van der Waals surface area contributed by atoms with Crippen molar-refractivity contribution in [2.45, 2.75) is 32.4 Å². The van der Waals surface area contributed by atoms with E-state index >= 15 is 0 Å². The minimum atomic E-state index is 0.137. The summed E-state index contributed by atoms with van der Waals surface area (Å²) < 4.78 is 0. The molecule has 0 fully saturated rings. The molecule has 2 aromatic heterocycles. The fraction of sp³-hybridized carbons (Fsp3) is 0.412. The van der Waals surface area contributed by atoms with Crippen LogP contribution in [0.25, 0.3) is 0 Å². The Balaban J connectivity index is 1.67. The van der Waals surface area contributed by atoms with E-state index in [9.17, 15) is 0 Å². The van der Waals surface area contributed by atoms with Crippen LogP contribution in [0.1, 0.15) is 40.3 Å². The van der Waals surface area contributed by atoms with Crippen LogP contribution in [-0.2, 0) is 13.0 Å². The van der Waals surface area contributed by atoms with Crippen LogP contribution < -0.4 is 0 Å². The molecule has 2 aromatic rings. The Morgan fingerprint density at radius 3 is 3.19 bits per heavy atom. The third-order valence-corrected chi connectivity index (χ3v) is 5.80. The zero-order valence-corrected chi connectivity index (χ0v) is 13.8.